The number of para-hydroxylation sites is 1. The molecule has 0 radical (unpaired) electrons. The summed E-state index contributed by atoms with van der Waals surface area (Å²) in [6.45, 7) is 2.13. The van der Waals surface area contributed by atoms with Gasteiger partial charge >= 0.3 is 51.4 Å². The maximum absolute atomic E-state index is 11.2. The van der Waals surface area contributed by atoms with Gasteiger partial charge in [-0.05, 0) is 48.7 Å². The molecule has 0 saturated carbocycles. The quantitative estimate of drug-likeness (QED) is 0.400. The molecule has 4 nitrogen and oxygen atoms in total. The van der Waals surface area contributed by atoms with Gasteiger partial charge in [0.2, 0.25) is 0 Å². The van der Waals surface area contributed by atoms with Crippen LogP contribution in [0.4, 0.5) is 0 Å². The Labute approximate surface area is 186 Å². The second-order valence-electron chi connectivity index (χ2n) is 5.45. The predicted molar refractivity (Wildman–Crippen MR) is 88.8 cm³/mol. The summed E-state index contributed by atoms with van der Waals surface area (Å²) in [5.41, 5.74) is 0.752. The molecule has 0 N–H and O–H groups in total. The van der Waals surface area contributed by atoms with Crippen molar-refractivity contribution in [2.75, 3.05) is 0 Å². The molecule has 0 saturated heterocycles. The summed E-state index contributed by atoms with van der Waals surface area (Å²) in [5.74, 6) is 1.28. The fraction of sp³-hybridized carbons (Fsp3) is 0.333. The summed E-state index contributed by atoms with van der Waals surface area (Å²) in [6.07, 6.45) is 4.94. The standard InChI is InChI=1S/C18H22O4S.K/c1-2-3-4-6-9-15-14-17(23(19,20)21)12-13-18(15)22-16-10-7-5-8-11-16;/h5,7-8,10-14H,2-4,6,9H2,1H3,(H,19,20,21);/q;+1/p-1. The SMILES string of the molecule is CCCCCCc1cc(S(=O)(=O)[O-])ccc1Oc1ccccc1.[K+]. The number of hydrogen-bond donors (Lipinski definition) is 0. The van der Waals surface area contributed by atoms with Gasteiger partial charge in [0.05, 0.1) is 4.90 Å². The first-order valence-electron chi connectivity index (χ1n) is 7.82. The van der Waals surface area contributed by atoms with Gasteiger partial charge in [0.1, 0.15) is 21.6 Å². The minimum Gasteiger partial charge on any atom is -0.744 e. The average molecular weight is 373 g/mol. The van der Waals surface area contributed by atoms with Crippen LogP contribution in [0.5, 0.6) is 11.5 Å². The molecular formula is C18H21KO4S. The van der Waals surface area contributed by atoms with Crippen molar-refractivity contribution in [1.29, 1.82) is 0 Å². The number of unbranched alkanes of at least 4 members (excludes halogenated alkanes) is 3. The van der Waals surface area contributed by atoms with Crippen LogP contribution in [0.2, 0.25) is 0 Å². The first-order valence-corrected chi connectivity index (χ1v) is 9.23. The van der Waals surface area contributed by atoms with Gasteiger partial charge in [-0.15, -0.1) is 0 Å². The van der Waals surface area contributed by atoms with Crippen molar-refractivity contribution in [3.05, 3.63) is 54.1 Å². The van der Waals surface area contributed by atoms with Gasteiger partial charge in [-0.3, -0.25) is 0 Å². The molecule has 0 heterocycles. The molecule has 0 bridgehead atoms. The average Bonchev–Trinajstić information content (AvgIpc) is 2.53. The molecule has 0 aromatic heterocycles. The number of hydrogen-bond acceptors (Lipinski definition) is 4. The van der Waals surface area contributed by atoms with E-state index in [1.54, 1.807) is 6.07 Å². The number of aryl methyl sites for hydroxylation is 1. The Balaban J connectivity index is 0.00000288. The number of ether oxygens (including phenoxy) is 1. The number of benzene rings is 2. The predicted octanol–water partition coefficient (Wildman–Crippen LogP) is 1.51. The smallest absolute Gasteiger partial charge is 0.744 e. The van der Waals surface area contributed by atoms with Crippen molar-refractivity contribution in [1.82, 2.24) is 0 Å². The first kappa shape index (κ1) is 21.8. The van der Waals surface area contributed by atoms with Gasteiger partial charge in [0.25, 0.3) is 0 Å². The maximum atomic E-state index is 11.2. The minimum absolute atomic E-state index is 0. The maximum Gasteiger partial charge on any atom is 1.00 e. The molecule has 0 spiro atoms. The molecule has 6 heteroatoms. The van der Waals surface area contributed by atoms with E-state index in [2.05, 4.69) is 6.92 Å². The molecular weight excluding hydrogens is 351 g/mol. The van der Waals surface area contributed by atoms with E-state index in [1.807, 2.05) is 30.3 Å². The summed E-state index contributed by atoms with van der Waals surface area (Å²) < 4.78 is 39.5. The monoisotopic (exact) mass is 372 g/mol. The van der Waals surface area contributed by atoms with Crippen LogP contribution >= 0.6 is 0 Å². The summed E-state index contributed by atoms with van der Waals surface area (Å²) in [6, 6.07) is 13.6. The van der Waals surface area contributed by atoms with Crippen molar-refractivity contribution >= 4 is 10.1 Å². The molecule has 2 aromatic rings. The summed E-state index contributed by atoms with van der Waals surface area (Å²) in [4.78, 5) is -0.205. The van der Waals surface area contributed by atoms with Crippen LogP contribution in [0, 0.1) is 0 Å². The van der Waals surface area contributed by atoms with E-state index in [1.165, 1.54) is 12.1 Å². The third-order valence-corrected chi connectivity index (χ3v) is 4.42. The van der Waals surface area contributed by atoms with E-state index in [0.29, 0.717) is 17.9 Å². The third-order valence-electron chi connectivity index (χ3n) is 3.59. The molecule has 124 valence electrons. The van der Waals surface area contributed by atoms with Gasteiger partial charge in [0.15, 0.2) is 0 Å². The van der Waals surface area contributed by atoms with E-state index in [9.17, 15) is 13.0 Å². The molecule has 0 aliphatic heterocycles. The molecule has 0 aliphatic carbocycles. The molecule has 0 aliphatic rings. The molecule has 0 atom stereocenters. The van der Waals surface area contributed by atoms with Crippen LogP contribution in [0.1, 0.15) is 38.2 Å². The van der Waals surface area contributed by atoms with Crippen molar-refractivity contribution in [3.8, 4) is 11.5 Å². The van der Waals surface area contributed by atoms with Crippen molar-refractivity contribution < 1.29 is 69.1 Å². The summed E-state index contributed by atoms with van der Waals surface area (Å²) in [7, 11) is -4.46. The van der Waals surface area contributed by atoms with Crippen LogP contribution < -0.4 is 56.1 Å². The van der Waals surface area contributed by atoms with Crippen LogP contribution in [-0.4, -0.2) is 13.0 Å². The normalized spacial score (nSPS) is 10.9. The van der Waals surface area contributed by atoms with Crippen molar-refractivity contribution in [2.45, 2.75) is 43.9 Å². The Kier molecular flexibility index (Phi) is 9.74. The second kappa shape index (κ2) is 10.7. The summed E-state index contributed by atoms with van der Waals surface area (Å²) in [5, 5.41) is 0. The van der Waals surface area contributed by atoms with Gasteiger partial charge in [-0.25, -0.2) is 8.42 Å². The molecule has 2 rings (SSSR count). The summed E-state index contributed by atoms with van der Waals surface area (Å²) >= 11 is 0. The number of rotatable bonds is 8. The zero-order chi connectivity index (χ0) is 16.7. The fourth-order valence-corrected chi connectivity index (χ4v) is 2.89. The Morgan fingerprint density at radius 1 is 1.00 bits per heavy atom. The van der Waals surface area contributed by atoms with Crippen LogP contribution in [0.3, 0.4) is 0 Å². The van der Waals surface area contributed by atoms with Crippen molar-refractivity contribution in [3.63, 3.8) is 0 Å². The fourth-order valence-electron chi connectivity index (χ4n) is 2.36. The largest absolute Gasteiger partial charge is 1.00 e. The molecule has 24 heavy (non-hydrogen) atoms. The van der Waals surface area contributed by atoms with Crippen LogP contribution in [0.25, 0.3) is 0 Å². The zero-order valence-electron chi connectivity index (χ0n) is 14.2. The Bertz CT molecular complexity index is 730. The van der Waals surface area contributed by atoms with Gasteiger partial charge in [0, 0.05) is 0 Å². The van der Waals surface area contributed by atoms with E-state index >= 15 is 0 Å². The van der Waals surface area contributed by atoms with Gasteiger partial charge in [-0.1, -0.05) is 44.4 Å². The first-order chi connectivity index (χ1) is 11.0. The molecule has 0 amide bonds. The Morgan fingerprint density at radius 2 is 1.71 bits per heavy atom. The van der Waals surface area contributed by atoms with Gasteiger partial charge in [-0.2, -0.15) is 0 Å². The Morgan fingerprint density at radius 3 is 2.33 bits per heavy atom. The molecule has 2 aromatic carbocycles. The van der Waals surface area contributed by atoms with E-state index < -0.39 is 10.1 Å². The molecule has 0 fully saturated rings. The van der Waals surface area contributed by atoms with Crippen LogP contribution in [-0.2, 0) is 16.5 Å². The van der Waals surface area contributed by atoms with Crippen LogP contribution in [0.15, 0.2) is 53.4 Å². The van der Waals surface area contributed by atoms with E-state index in [-0.39, 0.29) is 56.3 Å². The second-order valence-corrected chi connectivity index (χ2v) is 6.83. The molecule has 0 unspecified atom stereocenters. The van der Waals surface area contributed by atoms with Gasteiger partial charge < -0.3 is 9.29 Å². The Hall–Kier alpha value is -0.214. The van der Waals surface area contributed by atoms with E-state index in [0.717, 1.165) is 31.2 Å². The van der Waals surface area contributed by atoms with Crippen molar-refractivity contribution in [2.24, 2.45) is 0 Å². The topological polar surface area (TPSA) is 66.4 Å². The van der Waals surface area contributed by atoms with E-state index in [4.69, 9.17) is 4.74 Å². The third kappa shape index (κ3) is 6.96. The minimum atomic E-state index is -4.46. The zero-order valence-corrected chi connectivity index (χ0v) is 18.1.